The third-order valence-electron chi connectivity index (χ3n) is 3.04. The molecular formula is C14H14ClNO3. The molecule has 0 saturated heterocycles. The average molecular weight is 280 g/mol. The Labute approximate surface area is 116 Å². The van der Waals surface area contributed by atoms with Crippen molar-refractivity contribution in [2.45, 2.75) is 13.8 Å². The van der Waals surface area contributed by atoms with Crippen LogP contribution >= 0.6 is 11.6 Å². The molecule has 0 aliphatic heterocycles. The number of aryl methyl sites for hydroxylation is 1. The molecule has 0 bridgehead atoms. The number of hydrogen-bond donors (Lipinski definition) is 1. The number of carboxylic acid groups (broad SMARTS) is 1. The predicted octanol–water partition coefficient (Wildman–Crippen LogP) is 3.45. The van der Waals surface area contributed by atoms with Gasteiger partial charge in [0.15, 0.2) is 0 Å². The molecule has 1 aromatic heterocycles. The molecule has 0 amide bonds. The van der Waals surface area contributed by atoms with Crippen molar-refractivity contribution in [1.82, 2.24) is 4.57 Å². The van der Waals surface area contributed by atoms with E-state index in [1.165, 1.54) is 7.11 Å². The zero-order valence-electron chi connectivity index (χ0n) is 10.9. The number of carbonyl (C=O) groups is 1. The number of carboxylic acids is 1. The summed E-state index contributed by atoms with van der Waals surface area (Å²) in [5, 5.41) is 9.85. The van der Waals surface area contributed by atoms with Crippen molar-refractivity contribution in [2.24, 2.45) is 0 Å². The smallest absolute Gasteiger partial charge is 0.339 e. The Kier molecular flexibility index (Phi) is 3.53. The Balaban J connectivity index is 2.64. The summed E-state index contributed by atoms with van der Waals surface area (Å²) >= 11 is 6.08. The quantitative estimate of drug-likeness (QED) is 0.936. The molecule has 1 N–H and O–H groups in total. The summed E-state index contributed by atoms with van der Waals surface area (Å²) in [5.41, 5.74) is 2.70. The van der Waals surface area contributed by atoms with Crippen LogP contribution in [0.1, 0.15) is 21.7 Å². The maximum absolute atomic E-state index is 11.2. The second-order valence-electron chi connectivity index (χ2n) is 4.24. The average Bonchev–Trinajstić information content (AvgIpc) is 2.62. The van der Waals surface area contributed by atoms with Crippen LogP contribution in [-0.4, -0.2) is 22.8 Å². The lowest BCUT2D eigenvalue weighted by Crippen LogP contribution is -2.04. The number of aromatic carboxylic acids is 1. The molecule has 0 saturated carbocycles. The molecule has 0 spiro atoms. The summed E-state index contributed by atoms with van der Waals surface area (Å²) in [7, 11) is 1.45. The van der Waals surface area contributed by atoms with Crippen molar-refractivity contribution < 1.29 is 14.6 Å². The fraction of sp³-hybridized carbons (Fsp3) is 0.214. The number of rotatable bonds is 3. The van der Waals surface area contributed by atoms with Gasteiger partial charge in [0.25, 0.3) is 0 Å². The molecule has 4 nitrogen and oxygen atoms in total. The van der Waals surface area contributed by atoms with E-state index in [1.54, 1.807) is 12.1 Å². The Morgan fingerprint density at radius 2 is 2.00 bits per heavy atom. The summed E-state index contributed by atoms with van der Waals surface area (Å²) in [4.78, 5) is 11.2. The van der Waals surface area contributed by atoms with Crippen LogP contribution in [0.25, 0.3) is 5.69 Å². The fourth-order valence-electron chi connectivity index (χ4n) is 2.12. The van der Waals surface area contributed by atoms with E-state index >= 15 is 0 Å². The van der Waals surface area contributed by atoms with E-state index in [9.17, 15) is 9.90 Å². The van der Waals surface area contributed by atoms with Crippen LogP contribution in [0.2, 0.25) is 5.02 Å². The number of nitrogens with zero attached hydrogens (tertiary/aromatic N) is 1. The summed E-state index contributed by atoms with van der Waals surface area (Å²) in [5.74, 6) is -0.683. The van der Waals surface area contributed by atoms with E-state index in [0.29, 0.717) is 10.8 Å². The molecule has 1 aromatic carbocycles. The lowest BCUT2D eigenvalue weighted by molar-refractivity contribution is 0.0693. The fourth-order valence-corrected chi connectivity index (χ4v) is 2.37. The standard InChI is InChI=1S/C14H14ClNO3/c1-8-6-12(15)9(2)16(8)10-4-5-13(19-3)11(7-10)14(17)18/h4-7H,1-3H3,(H,17,18). The minimum Gasteiger partial charge on any atom is -0.496 e. The number of benzene rings is 1. The molecule has 0 aliphatic rings. The van der Waals surface area contributed by atoms with Gasteiger partial charge in [0.05, 0.1) is 12.1 Å². The highest BCUT2D eigenvalue weighted by atomic mass is 35.5. The molecule has 100 valence electrons. The summed E-state index contributed by atoms with van der Waals surface area (Å²) < 4.78 is 6.96. The van der Waals surface area contributed by atoms with Crippen LogP contribution in [0.4, 0.5) is 0 Å². The maximum Gasteiger partial charge on any atom is 0.339 e. The first-order chi connectivity index (χ1) is 8.95. The van der Waals surface area contributed by atoms with Crippen LogP contribution in [0, 0.1) is 13.8 Å². The van der Waals surface area contributed by atoms with Crippen molar-refractivity contribution >= 4 is 17.6 Å². The van der Waals surface area contributed by atoms with Crippen molar-refractivity contribution in [3.05, 3.63) is 46.2 Å². The summed E-state index contributed by atoms with van der Waals surface area (Å²) in [6.07, 6.45) is 0. The summed E-state index contributed by atoms with van der Waals surface area (Å²) in [6, 6.07) is 6.88. The molecule has 0 radical (unpaired) electrons. The number of halogens is 1. The molecule has 2 aromatic rings. The van der Waals surface area contributed by atoms with Gasteiger partial charge in [-0.3, -0.25) is 0 Å². The first-order valence-corrected chi connectivity index (χ1v) is 6.09. The Morgan fingerprint density at radius 1 is 1.32 bits per heavy atom. The lowest BCUT2D eigenvalue weighted by atomic mass is 10.1. The zero-order valence-corrected chi connectivity index (χ0v) is 11.7. The molecule has 0 atom stereocenters. The predicted molar refractivity (Wildman–Crippen MR) is 73.8 cm³/mol. The van der Waals surface area contributed by atoms with E-state index in [4.69, 9.17) is 16.3 Å². The third-order valence-corrected chi connectivity index (χ3v) is 3.42. The van der Waals surface area contributed by atoms with Crippen molar-refractivity contribution in [3.63, 3.8) is 0 Å². The monoisotopic (exact) mass is 279 g/mol. The highest BCUT2D eigenvalue weighted by Crippen LogP contribution is 2.27. The summed E-state index contributed by atoms with van der Waals surface area (Å²) in [6.45, 7) is 3.81. The topological polar surface area (TPSA) is 51.5 Å². The van der Waals surface area contributed by atoms with E-state index in [0.717, 1.165) is 17.1 Å². The van der Waals surface area contributed by atoms with Gasteiger partial charge in [-0.2, -0.15) is 0 Å². The van der Waals surface area contributed by atoms with Crippen LogP contribution < -0.4 is 4.74 Å². The van der Waals surface area contributed by atoms with Gasteiger partial charge in [0, 0.05) is 17.1 Å². The zero-order chi connectivity index (χ0) is 14.2. The third kappa shape index (κ3) is 2.31. The Morgan fingerprint density at radius 3 is 2.47 bits per heavy atom. The van der Waals surface area contributed by atoms with E-state index in [2.05, 4.69) is 0 Å². The first kappa shape index (κ1) is 13.5. The normalized spacial score (nSPS) is 10.5. The van der Waals surface area contributed by atoms with Gasteiger partial charge in [0.2, 0.25) is 0 Å². The van der Waals surface area contributed by atoms with Gasteiger partial charge in [-0.25, -0.2) is 4.79 Å². The van der Waals surface area contributed by atoms with Gasteiger partial charge >= 0.3 is 5.97 Å². The van der Waals surface area contributed by atoms with E-state index in [1.807, 2.05) is 30.5 Å². The second kappa shape index (κ2) is 4.97. The van der Waals surface area contributed by atoms with E-state index in [-0.39, 0.29) is 5.56 Å². The first-order valence-electron chi connectivity index (χ1n) is 5.72. The molecule has 5 heteroatoms. The minimum atomic E-state index is -1.02. The highest BCUT2D eigenvalue weighted by Gasteiger charge is 2.15. The highest BCUT2D eigenvalue weighted by molar-refractivity contribution is 6.31. The molecule has 0 unspecified atom stereocenters. The maximum atomic E-state index is 11.2. The van der Waals surface area contributed by atoms with Crippen LogP contribution in [-0.2, 0) is 0 Å². The van der Waals surface area contributed by atoms with Crippen LogP contribution in [0.15, 0.2) is 24.3 Å². The molecule has 2 rings (SSSR count). The Bertz CT molecular complexity index is 646. The van der Waals surface area contributed by atoms with Crippen LogP contribution in [0.5, 0.6) is 5.75 Å². The van der Waals surface area contributed by atoms with Gasteiger partial charge in [0.1, 0.15) is 11.3 Å². The van der Waals surface area contributed by atoms with E-state index < -0.39 is 5.97 Å². The van der Waals surface area contributed by atoms with Crippen molar-refractivity contribution in [1.29, 1.82) is 0 Å². The number of methoxy groups -OCH3 is 1. The molecule has 0 aliphatic carbocycles. The largest absolute Gasteiger partial charge is 0.496 e. The van der Waals surface area contributed by atoms with Gasteiger partial charge < -0.3 is 14.4 Å². The van der Waals surface area contributed by atoms with Gasteiger partial charge in [-0.1, -0.05) is 11.6 Å². The molecule has 0 fully saturated rings. The minimum absolute atomic E-state index is 0.128. The Hall–Kier alpha value is -1.94. The van der Waals surface area contributed by atoms with Gasteiger partial charge in [-0.05, 0) is 38.1 Å². The number of ether oxygens (including phenoxy) is 1. The van der Waals surface area contributed by atoms with Crippen molar-refractivity contribution in [2.75, 3.05) is 7.11 Å². The SMILES string of the molecule is COc1ccc(-n2c(C)cc(Cl)c2C)cc1C(=O)O. The second-order valence-corrected chi connectivity index (χ2v) is 4.65. The molecule has 1 heterocycles. The van der Waals surface area contributed by atoms with Crippen LogP contribution in [0.3, 0.4) is 0 Å². The number of hydrogen-bond acceptors (Lipinski definition) is 2. The lowest BCUT2D eigenvalue weighted by Gasteiger charge is -2.12. The van der Waals surface area contributed by atoms with Gasteiger partial charge in [-0.15, -0.1) is 0 Å². The molecule has 19 heavy (non-hydrogen) atoms. The molecular weight excluding hydrogens is 266 g/mol. The number of aromatic nitrogens is 1. The van der Waals surface area contributed by atoms with Crippen molar-refractivity contribution in [3.8, 4) is 11.4 Å².